The minimum Gasteiger partial charge on any atom is -0.207 e. The molecule has 96 valence electrons. The van der Waals surface area contributed by atoms with Crippen LogP contribution in [-0.2, 0) is 10.0 Å². The van der Waals surface area contributed by atoms with Crippen LogP contribution in [0.2, 0.25) is 0 Å². The highest BCUT2D eigenvalue weighted by atomic mass is 32.2. The molecule has 0 bridgehead atoms. The summed E-state index contributed by atoms with van der Waals surface area (Å²) in [4.78, 5) is 0.421. The normalized spacial score (nSPS) is 31.2. The van der Waals surface area contributed by atoms with E-state index in [4.69, 9.17) is 0 Å². The summed E-state index contributed by atoms with van der Waals surface area (Å²) in [6.45, 7) is 0. The number of nitrogens with zero attached hydrogens (tertiary/aromatic N) is 1. The molecule has 0 radical (unpaired) electrons. The molecular weight excluding hydrogens is 246 g/mol. The fourth-order valence-corrected chi connectivity index (χ4v) is 4.68. The standard InChI is InChI=1S/C14H17NO2S/c16-18(17,12-8-4-3-5-9-12)15-13-10-6-1-2-7-11-14(13)15/h1-5,8-9,13-14H,6-7,10-11H2/t13-,14+,15?. The average Bonchev–Trinajstić information content (AvgIpc) is 3.03. The van der Waals surface area contributed by atoms with Crippen LogP contribution in [0.1, 0.15) is 25.7 Å². The molecule has 4 heteroatoms. The van der Waals surface area contributed by atoms with Crippen LogP contribution in [0.3, 0.4) is 0 Å². The van der Waals surface area contributed by atoms with Crippen molar-refractivity contribution in [1.29, 1.82) is 0 Å². The molecule has 1 aliphatic carbocycles. The van der Waals surface area contributed by atoms with Gasteiger partial charge in [-0.25, -0.2) is 8.42 Å². The second-order valence-corrected chi connectivity index (χ2v) is 6.75. The molecular formula is C14H17NO2S. The molecule has 0 amide bonds. The van der Waals surface area contributed by atoms with Crippen molar-refractivity contribution in [2.24, 2.45) is 0 Å². The number of sulfonamides is 1. The first-order valence-corrected chi connectivity index (χ1v) is 7.89. The Morgan fingerprint density at radius 3 is 2.06 bits per heavy atom. The highest BCUT2D eigenvalue weighted by Gasteiger charge is 2.54. The van der Waals surface area contributed by atoms with Gasteiger partial charge in [0.1, 0.15) is 0 Å². The van der Waals surface area contributed by atoms with Crippen molar-refractivity contribution in [2.75, 3.05) is 0 Å². The van der Waals surface area contributed by atoms with Crippen molar-refractivity contribution < 1.29 is 8.42 Å². The first-order valence-electron chi connectivity index (χ1n) is 6.45. The minimum atomic E-state index is -3.28. The van der Waals surface area contributed by atoms with E-state index in [1.807, 2.05) is 6.07 Å². The first-order chi connectivity index (χ1) is 8.71. The first kappa shape index (κ1) is 11.9. The van der Waals surface area contributed by atoms with Crippen LogP contribution in [-0.4, -0.2) is 24.8 Å². The minimum absolute atomic E-state index is 0.222. The van der Waals surface area contributed by atoms with E-state index in [1.54, 1.807) is 28.6 Å². The van der Waals surface area contributed by atoms with Gasteiger partial charge in [-0.2, -0.15) is 4.31 Å². The predicted molar refractivity (Wildman–Crippen MR) is 70.7 cm³/mol. The predicted octanol–water partition coefficient (Wildman–Crippen LogP) is 2.56. The van der Waals surface area contributed by atoms with Gasteiger partial charge in [-0.1, -0.05) is 30.4 Å². The summed E-state index contributed by atoms with van der Waals surface area (Å²) in [6, 6.07) is 9.20. The summed E-state index contributed by atoms with van der Waals surface area (Å²) in [5, 5.41) is 0. The van der Waals surface area contributed by atoms with E-state index < -0.39 is 10.0 Å². The van der Waals surface area contributed by atoms with Crippen molar-refractivity contribution in [3.63, 3.8) is 0 Å². The van der Waals surface area contributed by atoms with Gasteiger partial charge in [0.2, 0.25) is 10.0 Å². The monoisotopic (exact) mass is 263 g/mol. The molecule has 0 saturated carbocycles. The molecule has 1 aromatic rings. The SMILES string of the molecule is O=S(=O)(c1ccccc1)N1[C@@H]2CCC=CCC[C@@H]21. The molecule has 3 atom stereocenters. The van der Waals surface area contributed by atoms with Crippen LogP contribution in [0.15, 0.2) is 47.4 Å². The summed E-state index contributed by atoms with van der Waals surface area (Å²) >= 11 is 0. The van der Waals surface area contributed by atoms with Crippen molar-refractivity contribution in [3.05, 3.63) is 42.5 Å². The third-order valence-corrected chi connectivity index (χ3v) is 5.72. The Hall–Kier alpha value is -1.13. The smallest absolute Gasteiger partial charge is 0.207 e. The summed E-state index contributed by atoms with van der Waals surface area (Å²) in [6.07, 6.45) is 8.22. The summed E-state index contributed by atoms with van der Waals surface area (Å²) in [5.74, 6) is 0. The second kappa shape index (κ2) is 4.52. The van der Waals surface area contributed by atoms with Gasteiger partial charge in [0.25, 0.3) is 0 Å². The van der Waals surface area contributed by atoms with Crippen LogP contribution >= 0.6 is 0 Å². The van der Waals surface area contributed by atoms with Gasteiger partial charge < -0.3 is 0 Å². The summed E-state index contributed by atoms with van der Waals surface area (Å²) in [5.41, 5.74) is 0. The number of allylic oxidation sites excluding steroid dienone is 2. The molecule has 3 rings (SSSR count). The van der Waals surface area contributed by atoms with E-state index in [-0.39, 0.29) is 12.1 Å². The van der Waals surface area contributed by atoms with Crippen LogP contribution < -0.4 is 0 Å². The topological polar surface area (TPSA) is 37.1 Å². The maximum Gasteiger partial charge on any atom is 0.243 e. The highest BCUT2D eigenvalue weighted by molar-refractivity contribution is 7.89. The lowest BCUT2D eigenvalue weighted by molar-refractivity contribution is 0.539. The molecule has 1 aromatic carbocycles. The third-order valence-electron chi connectivity index (χ3n) is 3.75. The van der Waals surface area contributed by atoms with Crippen molar-refractivity contribution in [1.82, 2.24) is 4.31 Å². The largest absolute Gasteiger partial charge is 0.243 e. The summed E-state index contributed by atoms with van der Waals surface area (Å²) in [7, 11) is -3.28. The fourth-order valence-electron chi connectivity index (χ4n) is 2.79. The Morgan fingerprint density at radius 2 is 1.50 bits per heavy atom. The van der Waals surface area contributed by atoms with Crippen LogP contribution in [0.4, 0.5) is 0 Å². The quantitative estimate of drug-likeness (QED) is 0.607. The molecule has 1 unspecified atom stereocenters. The number of fused-ring (bicyclic) bond motifs is 1. The maximum absolute atomic E-state index is 12.5. The third kappa shape index (κ3) is 1.99. The van der Waals surface area contributed by atoms with Gasteiger partial charge in [-0.3, -0.25) is 0 Å². The Kier molecular flexibility index (Phi) is 2.99. The Morgan fingerprint density at radius 1 is 0.944 bits per heavy atom. The van der Waals surface area contributed by atoms with Crippen LogP contribution in [0.5, 0.6) is 0 Å². The van der Waals surface area contributed by atoms with Crippen LogP contribution in [0, 0.1) is 0 Å². The number of benzene rings is 1. The number of hydrogen-bond acceptors (Lipinski definition) is 2. The van der Waals surface area contributed by atoms with Crippen molar-refractivity contribution in [3.8, 4) is 0 Å². The Balaban J connectivity index is 1.85. The van der Waals surface area contributed by atoms with Gasteiger partial charge in [0.05, 0.1) is 4.90 Å². The molecule has 0 spiro atoms. The fraction of sp³-hybridized carbons (Fsp3) is 0.429. The van der Waals surface area contributed by atoms with Gasteiger partial charge in [0, 0.05) is 12.1 Å². The lowest BCUT2D eigenvalue weighted by atomic mass is 10.1. The van der Waals surface area contributed by atoms with E-state index in [9.17, 15) is 8.42 Å². The molecule has 0 N–H and O–H groups in total. The lowest BCUT2D eigenvalue weighted by Crippen LogP contribution is -2.15. The van der Waals surface area contributed by atoms with Crippen molar-refractivity contribution >= 4 is 10.0 Å². The van der Waals surface area contributed by atoms with E-state index in [0.717, 1.165) is 25.7 Å². The maximum atomic E-state index is 12.5. The number of hydrogen-bond donors (Lipinski definition) is 0. The zero-order valence-corrected chi connectivity index (χ0v) is 11.0. The van der Waals surface area contributed by atoms with Gasteiger partial charge >= 0.3 is 0 Å². The molecule has 1 fully saturated rings. The average molecular weight is 263 g/mol. The zero-order valence-electron chi connectivity index (χ0n) is 10.2. The lowest BCUT2D eigenvalue weighted by Gasteiger charge is -2.06. The van der Waals surface area contributed by atoms with Crippen LogP contribution in [0.25, 0.3) is 0 Å². The molecule has 0 aromatic heterocycles. The van der Waals surface area contributed by atoms with Gasteiger partial charge in [-0.15, -0.1) is 0 Å². The molecule has 3 nitrogen and oxygen atoms in total. The molecule has 1 aliphatic heterocycles. The number of rotatable bonds is 2. The molecule has 1 saturated heterocycles. The highest BCUT2D eigenvalue weighted by Crippen LogP contribution is 2.41. The van der Waals surface area contributed by atoms with E-state index in [1.165, 1.54) is 0 Å². The van der Waals surface area contributed by atoms with Crippen molar-refractivity contribution in [2.45, 2.75) is 42.7 Å². The van der Waals surface area contributed by atoms with Gasteiger partial charge in [-0.05, 0) is 37.8 Å². The van der Waals surface area contributed by atoms with E-state index in [0.29, 0.717) is 4.90 Å². The molecule has 1 heterocycles. The van der Waals surface area contributed by atoms with Gasteiger partial charge in [0.15, 0.2) is 0 Å². The van der Waals surface area contributed by atoms with E-state index in [2.05, 4.69) is 12.2 Å². The summed E-state index contributed by atoms with van der Waals surface area (Å²) < 4.78 is 26.7. The molecule has 18 heavy (non-hydrogen) atoms. The van der Waals surface area contributed by atoms with E-state index >= 15 is 0 Å². The Bertz CT molecular complexity index is 534. The zero-order chi connectivity index (χ0) is 12.6. The second-order valence-electron chi connectivity index (χ2n) is 4.91. The molecule has 2 aliphatic rings. The Labute approximate surface area is 108 Å².